The van der Waals surface area contributed by atoms with Crippen LogP contribution in [0.15, 0.2) is 27.1 Å². The topological polar surface area (TPSA) is 85.1 Å². The number of aromatic nitrogens is 1. The van der Waals surface area contributed by atoms with E-state index in [1.165, 1.54) is 17.5 Å². The van der Waals surface area contributed by atoms with Crippen molar-refractivity contribution in [2.75, 3.05) is 5.73 Å². The molecule has 0 spiro atoms. The highest BCUT2D eigenvalue weighted by molar-refractivity contribution is 9.10. The summed E-state index contributed by atoms with van der Waals surface area (Å²) in [6, 6.07) is 1.01. The third-order valence-electron chi connectivity index (χ3n) is 2.37. The zero-order valence-corrected chi connectivity index (χ0v) is 13.7. The molecule has 0 radical (unpaired) electrons. The molecule has 20 heavy (non-hydrogen) atoms. The van der Waals surface area contributed by atoms with Gasteiger partial charge in [0.05, 0.1) is 20.7 Å². The van der Waals surface area contributed by atoms with Crippen LogP contribution in [0, 0.1) is 5.82 Å². The van der Waals surface area contributed by atoms with Crippen molar-refractivity contribution in [1.29, 1.82) is 0 Å². The molecule has 3 N–H and O–H groups in total. The van der Waals surface area contributed by atoms with Gasteiger partial charge in [-0.1, -0.05) is 11.6 Å². The van der Waals surface area contributed by atoms with E-state index in [4.69, 9.17) is 17.3 Å². The second kappa shape index (κ2) is 5.94. The molecule has 1 aromatic heterocycles. The summed E-state index contributed by atoms with van der Waals surface area (Å²) in [5.74, 6) is -1.04. The fourth-order valence-electron chi connectivity index (χ4n) is 1.37. The van der Waals surface area contributed by atoms with Crippen molar-refractivity contribution < 1.29 is 12.8 Å². The number of hydrogen-bond donors (Lipinski definition) is 2. The molecule has 0 amide bonds. The monoisotopic (exact) mass is 399 g/mol. The molecule has 10 heteroatoms. The Morgan fingerprint density at radius 2 is 2.25 bits per heavy atom. The number of halogens is 3. The van der Waals surface area contributed by atoms with Crippen molar-refractivity contribution in [1.82, 2.24) is 9.71 Å². The molecule has 0 aliphatic rings. The first-order valence-electron chi connectivity index (χ1n) is 5.13. The van der Waals surface area contributed by atoms with Crippen LogP contribution < -0.4 is 10.5 Å². The maximum atomic E-state index is 14.0. The smallest absolute Gasteiger partial charge is 0.243 e. The van der Waals surface area contributed by atoms with Crippen LogP contribution in [-0.4, -0.2) is 13.4 Å². The Morgan fingerprint density at radius 3 is 2.85 bits per heavy atom. The first-order chi connectivity index (χ1) is 9.33. The largest absolute Gasteiger partial charge is 0.395 e. The zero-order valence-electron chi connectivity index (χ0n) is 9.73. The number of benzene rings is 1. The molecule has 2 rings (SSSR count). The number of anilines is 1. The Labute approximate surface area is 132 Å². The van der Waals surface area contributed by atoms with Gasteiger partial charge in [-0.15, -0.1) is 11.3 Å². The van der Waals surface area contributed by atoms with Crippen LogP contribution in [0.4, 0.5) is 10.1 Å². The quantitative estimate of drug-likeness (QED) is 0.610. The summed E-state index contributed by atoms with van der Waals surface area (Å²) in [5, 5.41) is 0.0158. The second-order valence-corrected chi connectivity index (χ2v) is 7.60. The fourth-order valence-corrected chi connectivity index (χ4v) is 3.68. The summed E-state index contributed by atoms with van der Waals surface area (Å²) in [4.78, 5) is 3.92. The van der Waals surface area contributed by atoms with Crippen LogP contribution in [0.25, 0.3) is 0 Å². The summed E-state index contributed by atoms with van der Waals surface area (Å²) in [7, 11) is -4.06. The molecule has 0 aliphatic carbocycles. The molecule has 2 aromatic rings. The summed E-state index contributed by atoms with van der Waals surface area (Å²) in [5.41, 5.74) is 6.68. The number of sulfonamides is 1. The highest BCUT2D eigenvalue weighted by Gasteiger charge is 2.24. The van der Waals surface area contributed by atoms with Gasteiger partial charge in [0.25, 0.3) is 0 Å². The van der Waals surface area contributed by atoms with Crippen molar-refractivity contribution in [3.8, 4) is 0 Å². The van der Waals surface area contributed by atoms with Crippen molar-refractivity contribution in [2.24, 2.45) is 0 Å². The van der Waals surface area contributed by atoms with E-state index >= 15 is 0 Å². The lowest BCUT2D eigenvalue weighted by atomic mass is 10.3. The van der Waals surface area contributed by atoms with Crippen LogP contribution in [0.2, 0.25) is 5.02 Å². The van der Waals surface area contributed by atoms with Crippen LogP contribution in [0.3, 0.4) is 0 Å². The lowest BCUT2D eigenvalue weighted by molar-refractivity contribution is 0.558. The summed E-state index contributed by atoms with van der Waals surface area (Å²) in [6.07, 6.45) is 1.52. The maximum Gasteiger partial charge on any atom is 0.243 e. The third-order valence-corrected chi connectivity index (χ3v) is 5.93. The molecule has 0 unspecified atom stereocenters. The summed E-state index contributed by atoms with van der Waals surface area (Å²) >= 11 is 10.1. The van der Waals surface area contributed by atoms with E-state index in [9.17, 15) is 12.8 Å². The molecule has 0 atom stereocenters. The molecule has 0 bridgehead atoms. The third kappa shape index (κ3) is 3.12. The van der Waals surface area contributed by atoms with Crippen LogP contribution in [0.1, 0.15) is 4.88 Å². The van der Waals surface area contributed by atoms with Gasteiger partial charge in [0, 0.05) is 17.6 Å². The van der Waals surface area contributed by atoms with Gasteiger partial charge in [0.1, 0.15) is 4.90 Å². The van der Waals surface area contributed by atoms with Gasteiger partial charge in [-0.2, -0.15) is 0 Å². The van der Waals surface area contributed by atoms with E-state index in [0.717, 1.165) is 6.07 Å². The SMILES string of the molecule is Nc1c(F)c(S(=O)(=O)NCc2cncs2)cc(Cl)c1Br. The van der Waals surface area contributed by atoms with Gasteiger partial charge in [0.2, 0.25) is 10.0 Å². The maximum absolute atomic E-state index is 14.0. The van der Waals surface area contributed by atoms with E-state index in [1.54, 1.807) is 5.51 Å². The normalized spacial score (nSPS) is 11.8. The zero-order chi connectivity index (χ0) is 14.9. The van der Waals surface area contributed by atoms with E-state index in [1.807, 2.05) is 0 Å². The Morgan fingerprint density at radius 1 is 1.55 bits per heavy atom. The van der Waals surface area contributed by atoms with Crippen LogP contribution in [-0.2, 0) is 16.6 Å². The van der Waals surface area contributed by atoms with E-state index in [-0.39, 0.29) is 21.7 Å². The Hall–Kier alpha value is -0.740. The van der Waals surface area contributed by atoms with Gasteiger partial charge in [-0.05, 0) is 22.0 Å². The average molecular weight is 401 g/mol. The molecule has 1 heterocycles. The molecular weight excluding hydrogens is 393 g/mol. The molecule has 108 valence electrons. The summed E-state index contributed by atoms with van der Waals surface area (Å²) in [6.45, 7) is 0.0139. The van der Waals surface area contributed by atoms with Crippen molar-refractivity contribution in [3.05, 3.63) is 38.0 Å². The number of nitrogens with two attached hydrogens (primary N) is 1. The fraction of sp³-hybridized carbons (Fsp3) is 0.100. The van der Waals surface area contributed by atoms with E-state index in [0.29, 0.717) is 4.88 Å². The molecule has 0 fully saturated rings. The minimum absolute atomic E-state index is 0.0139. The molecule has 0 saturated carbocycles. The predicted octanol–water partition coefficient (Wildman–Crippen LogP) is 2.76. The first kappa shape index (κ1) is 15.6. The van der Waals surface area contributed by atoms with Crippen molar-refractivity contribution >= 4 is 54.6 Å². The van der Waals surface area contributed by atoms with Gasteiger partial charge in [-0.25, -0.2) is 17.5 Å². The lowest BCUT2D eigenvalue weighted by Crippen LogP contribution is -2.24. The molecule has 5 nitrogen and oxygen atoms in total. The average Bonchev–Trinajstić information content (AvgIpc) is 2.91. The standard InChI is InChI=1S/C10H8BrClFN3O2S2/c11-8-6(12)1-7(9(13)10(8)14)20(17,18)16-3-5-2-15-4-19-5/h1-2,4,16H,3,14H2. The van der Waals surface area contributed by atoms with Crippen molar-refractivity contribution in [2.45, 2.75) is 11.4 Å². The number of rotatable bonds is 4. The number of nitrogens with one attached hydrogen (secondary N) is 1. The molecule has 1 aromatic carbocycles. The first-order valence-corrected chi connectivity index (χ1v) is 8.66. The number of nitrogen functional groups attached to an aromatic ring is 1. The number of thiazole rings is 1. The lowest BCUT2D eigenvalue weighted by Gasteiger charge is -2.10. The highest BCUT2D eigenvalue weighted by atomic mass is 79.9. The van der Waals surface area contributed by atoms with E-state index < -0.39 is 20.7 Å². The Kier molecular flexibility index (Phi) is 4.65. The highest BCUT2D eigenvalue weighted by Crippen LogP contribution is 2.34. The Bertz CT molecular complexity index is 737. The van der Waals surface area contributed by atoms with Gasteiger partial charge in [-0.3, -0.25) is 4.98 Å². The number of nitrogens with zero attached hydrogens (tertiary/aromatic N) is 1. The Balaban J connectivity index is 2.35. The van der Waals surface area contributed by atoms with Gasteiger partial charge in [0.15, 0.2) is 5.82 Å². The number of hydrogen-bond acceptors (Lipinski definition) is 5. The summed E-state index contributed by atoms with van der Waals surface area (Å²) < 4.78 is 40.5. The minimum Gasteiger partial charge on any atom is -0.395 e. The second-order valence-electron chi connectivity index (χ2n) is 3.69. The van der Waals surface area contributed by atoms with Gasteiger partial charge < -0.3 is 5.73 Å². The van der Waals surface area contributed by atoms with Crippen molar-refractivity contribution in [3.63, 3.8) is 0 Å². The molecular formula is C10H8BrClFN3O2S2. The molecule has 0 aliphatic heterocycles. The predicted molar refractivity (Wildman–Crippen MR) is 79.7 cm³/mol. The molecule has 0 saturated heterocycles. The minimum atomic E-state index is -4.06. The van der Waals surface area contributed by atoms with Gasteiger partial charge >= 0.3 is 0 Å². The van der Waals surface area contributed by atoms with Crippen LogP contribution in [0.5, 0.6) is 0 Å². The van der Waals surface area contributed by atoms with Crippen LogP contribution >= 0.6 is 38.9 Å². The van der Waals surface area contributed by atoms with E-state index in [2.05, 4.69) is 25.6 Å².